The molecule has 0 radical (unpaired) electrons. The molecule has 0 aliphatic heterocycles. The summed E-state index contributed by atoms with van der Waals surface area (Å²) in [5.74, 6) is 0. The maximum Gasteiger partial charge on any atom is 0.0996 e. The van der Waals surface area contributed by atoms with Crippen molar-refractivity contribution in [2.75, 3.05) is 0 Å². The lowest BCUT2D eigenvalue weighted by Gasteiger charge is -2.11. The number of rotatable bonds is 0. The van der Waals surface area contributed by atoms with Crippen molar-refractivity contribution >= 4 is 38.4 Å². The molecule has 4 heterocycles. The molecule has 31 heavy (non-hydrogen) atoms. The fourth-order valence-electron chi connectivity index (χ4n) is 3.68. The second-order valence-corrected chi connectivity index (χ2v) is 7.22. The van der Waals surface area contributed by atoms with Crippen LogP contribution < -0.4 is 0 Å². The van der Waals surface area contributed by atoms with E-state index in [1.54, 1.807) is 49.8 Å². The van der Waals surface area contributed by atoms with Gasteiger partial charge in [0.15, 0.2) is 0 Å². The summed E-state index contributed by atoms with van der Waals surface area (Å²) in [6.45, 7) is 0. The van der Waals surface area contributed by atoms with E-state index in [1.165, 1.54) is 21.9 Å². The minimum atomic E-state index is 1.05. The molecule has 4 aromatic heterocycles. The second-order valence-electron chi connectivity index (χ2n) is 7.22. The molecule has 4 nitrogen and oxygen atoms in total. The van der Waals surface area contributed by atoms with Gasteiger partial charge in [-0.2, -0.15) is 0 Å². The van der Waals surface area contributed by atoms with Crippen molar-refractivity contribution in [2.24, 2.45) is 0 Å². The van der Waals surface area contributed by atoms with Gasteiger partial charge < -0.3 is 8.83 Å². The Morgan fingerprint density at radius 1 is 0.613 bits per heavy atom. The van der Waals surface area contributed by atoms with E-state index in [9.17, 15) is 0 Å². The predicted molar refractivity (Wildman–Crippen MR) is 125 cm³/mol. The van der Waals surface area contributed by atoms with Crippen LogP contribution in [0.3, 0.4) is 0 Å². The Bertz CT molecular complexity index is 1350. The molecular formula is C27H20N2O2. The van der Waals surface area contributed by atoms with E-state index in [0.717, 1.165) is 28.0 Å². The molecule has 2 aromatic carbocycles. The van der Waals surface area contributed by atoms with Gasteiger partial charge in [0.25, 0.3) is 0 Å². The van der Waals surface area contributed by atoms with Crippen LogP contribution in [0.15, 0.2) is 113 Å². The first-order chi connectivity index (χ1) is 15.4. The van der Waals surface area contributed by atoms with Gasteiger partial charge in [-0.25, -0.2) is 0 Å². The lowest BCUT2D eigenvalue weighted by Crippen LogP contribution is -1.91. The molecule has 0 spiro atoms. The van der Waals surface area contributed by atoms with Gasteiger partial charge in [-0.3, -0.25) is 9.97 Å². The van der Waals surface area contributed by atoms with Crippen molar-refractivity contribution in [3.05, 3.63) is 116 Å². The monoisotopic (exact) mass is 404 g/mol. The van der Waals surface area contributed by atoms with Crippen LogP contribution in [-0.4, -0.2) is 9.97 Å². The maximum atomic E-state index is 4.92. The molecule has 0 atom stereocenters. The molecule has 150 valence electrons. The average molecular weight is 404 g/mol. The second kappa shape index (κ2) is 8.67. The predicted octanol–water partition coefficient (Wildman–Crippen LogP) is 7.06. The summed E-state index contributed by atoms with van der Waals surface area (Å²) in [6.07, 6.45) is 19.4. The lowest BCUT2D eigenvalue weighted by atomic mass is 9.93. The fourth-order valence-corrected chi connectivity index (χ4v) is 3.68. The molecule has 0 unspecified atom stereocenters. The summed E-state index contributed by atoms with van der Waals surface area (Å²) in [6, 6.07) is 16.9. The number of fused-ring (bicyclic) bond motifs is 2. The molecule has 0 bridgehead atoms. The zero-order valence-corrected chi connectivity index (χ0v) is 16.8. The number of allylic oxidation sites excluding steroid dienone is 1. The third-order valence-corrected chi connectivity index (χ3v) is 5.21. The van der Waals surface area contributed by atoms with Gasteiger partial charge in [0.1, 0.15) is 0 Å². The van der Waals surface area contributed by atoms with E-state index >= 15 is 0 Å². The summed E-state index contributed by atoms with van der Waals surface area (Å²) in [4.78, 5) is 7.85. The van der Waals surface area contributed by atoms with E-state index in [4.69, 9.17) is 8.83 Å². The van der Waals surface area contributed by atoms with Gasteiger partial charge in [-0.1, -0.05) is 48.6 Å². The number of furan rings is 2. The van der Waals surface area contributed by atoms with E-state index in [-0.39, 0.29) is 0 Å². The van der Waals surface area contributed by atoms with Crippen LogP contribution >= 0.6 is 0 Å². The number of hydrogen-bond donors (Lipinski definition) is 0. The van der Waals surface area contributed by atoms with Crippen molar-refractivity contribution in [3.63, 3.8) is 0 Å². The van der Waals surface area contributed by atoms with Gasteiger partial charge in [0.2, 0.25) is 0 Å². The van der Waals surface area contributed by atoms with E-state index < -0.39 is 0 Å². The van der Waals surface area contributed by atoms with Gasteiger partial charge in [-0.15, -0.1) is 0 Å². The Labute approximate surface area is 179 Å². The van der Waals surface area contributed by atoms with Crippen molar-refractivity contribution in [3.8, 4) is 0 Å². The van der Waals surface area contributed by atoms with Gasteiger partial charge >= 0.3 is 0 Å². The quantitative estimate of drug-likeness (QED) is 0.272. The number of pyridine rings is 2. The molecule has 0 amide bonds. The first-order valence-corrected chi connectivity index (χ1v) is 10.1. The molecule has 1 aliphatic rings. The standard InChI is InChI=1S/C13H10.2C7H5NO/c1-4-10-6-2-8-12-9-3-7-11(5-1)13(10)12;2*1-2-8-3-7-5-9-4-6(1)7/h1-8H,9H2;2*1-5H. The molecule has 0 fully saturated rings. The van der Waals surface area contributed by atoms with Crippen molar-refractivity contribution in [1.82, 2.24) is 9.97 Å². The molecular weight excluding hydrogens is 384 g/mol. The van der Waals surface area contributed by atoms with Crippen molar-refractivity contribution in [1.29, 1.82) is 0 Å². The molecule has 0 saturated heterocycles. The SMILES string of the molecule is C1=Cc2cccc3cccc(c23)C1.c1cc2cocc2cn1.c1cc2cocc2cn1. The number of benzene rings is 2. The summed E-state index contributed by atoms with van der Waals surface area (Å²) in [5, 5.41) is 7.11. The van der Waals surface area contributed by atoms with E-state index in [0.29, 0.717) is 0 Å². The largest absolute Gasteiger partial charge is 0.471 e. The normalized spacial score (nSPS) is 11.6. The zero-order chi connectivity index (χ0) is 20.9. The Balaban J connectivity index is 0.000000102. The lowest BCUT2D eigenvalue weighted by molar-refractivity contribution is 0.572. The Morgan fingerprint density at radius 3 is 1.87 bits per heavy atom. The summed E-state index contributed by atoms with van der Waals surface area (Å²) >= 11 is 0. The van der Waals surface area contributed by atoms with Crippen LogP contribution in [0.25, 0.3) is 38.4 Å². The first kappa shape index (κ1) is 18.8. The van der Waals surface area contributed by atoms with E-state index in [2.05, 4.69) is 58.5 Å². The minimum Gasteiger partial charge on any atom is -0.471 e. The first-order valence-electron chi connectivity index (χ1n) is 10.1. The third kappa shape index (κ3) is 4.09. The highest BCUT2D eigenvalue weighted by atomic mass is 16.3. The van der Waals surface area contributed by atoms with E-state index in [1.807, 2.05) is 12.1 Å². The van der Waals surface area contributed by atoms with Gasteiger partial charge in [0, 0.05) is 46.3 Å². The third-order valence-electron chi connectivity index (χ3n) is 5.21. The molecule has 0 N–H and O–H groups in total. The highest BCUT2D eigenvalue weighted by molar-refractivity contribution is 5.94. The Hall–Kier alpha value is -4.18. The van der Waals surface area contributed by atoms with Crippen LogP contribution in [-0.2, 0) is 6.42 Å². The summed E-state index contributed by atoms with van der Waals surface area (Å²) in [5.41, 5.74) is 2.81. The summed E-state index contributed by atoms with van der Waals surface area (Å²) in [7, 11) is 0. The molecule has 1 aliphatic carbocycles. The van der Waals surface area contributed by atoms with Crippen molar-refractivity contribution in [2.45, 2.75) is 6.42 Å². The number of aromatic nitrogens is 2. The number of hydrogen-bond acceptors (Lipinski definition) is 4. The molecule has 0 saturated carbocycles. The zero-order valence-electron chi connectivity index (χ0n) is 16.8. The topological polar surface area (TPSA) is 52.1 Å². The highest BCUT2D eigenvalue weighted by Crippen LogP contribution is 2.27. The van der Waals surface area contributed by atoms with Crippen LogP contribution in [0, 0.1) is 0 Å². The van der Waals surface area contributed by atoms with Gasteiger partial charge in [-0.05, 0) is 40.5 Å². The highest BCUT2D eigenvalue weighted by Gasteiger charge is 2.06. The molecule has 6 aromatic rings. The Kier molecular flexibility index (Phi) is 5.27. The van der Waals surface area contributed by atoms with Crippen LogP contribution in [0.1, 0.15) is 11.1 Å². The van der Waals surface area contributed by atoms with Crippen LogP contribution in [0.4, 0.5) is 0 Å². The van der Waals surface area contributed by atoms with Crippen LogP contribution in [0.5, 0.6) is 0 Å². The maximum absolute atomic E-state index is 4.92. The van der Waals surface area contributed by atoms with Crippen molar-refractivity contribution < 1.29 is 8.83 Å². The fraction of sp³-hybridized carbons (Fsp3) is 0.0370. The Morgan fingerprint density at radius 2 is 1.23 bits per heavy atom. The minimum absolute atomic E-state index is 1.05. The number of nitrogens with zero attached hydrogens (tertiary/aromatic N) is 2. The summed E-state index contributed by atoms with van der Waals surface area (Å²) < 4.78 is 9.85. The van der Waals surface area contributed by atoms with Gasteiger partial charge in [0.05, 0.1) is 25.1 Å². The smallest absolute Gasteiger partial charge is 0.0996 e. The molecule has 4 heteroatoms. The molecule has 7 rings (SSSR count). The van der Waals surface area contributed by atoms with Crippen LogP contribution in [0.2, 0.25) is 0 Å². The average Bonchev–Trinajstić information content (AvgIpc) is 3.50.